The van der Waals surface area contributed by atoms with Gasteiger partial charge in [-0.3, -0.25) is 0 Å². The highest BCUT2D eigenvalue weighted by molar-refractivity contribution is 5.30. The second-order valence-corrected chi connectivity index (χ2v) is 1.90. The largest absolute Gasteiger partial charge is 0.467 e. The maximum absolute atomic E-state index is 12.0. The number of anilines is 1. The molecule has 60 valence electrons. The predicted molar refractivity (Wildman–Crippen MR) is 37.8 cm³/mol. The van der Waals surface area contributed by atoms with Gasteiger partial charge in [0.25, 0.3) is 0 Å². The molecule has 1 aromatic rings. The Hall–Kier alpha value is -1.39. The summed E-state index contributed by atoms with van der Waals surface area (Å²) in [6.07, 6.45) is 0. The van der Waals surface area contributed by atoms with E-state index in [4.69, 9.17) is 5.73 Å². The van der Waals surface area contributed by atoms with Crippen molar-refractivity contribution in [3.8, 4) is 6.01 Å². The van der Waals surface area contributed by atoms with Crippen LogP contribution in [0.4, 0.5) is 10.2 Å². The van der Waals surface area contributed by atoms with Crippen LogP contribution in [-0.4, -0.2) is 17.1 Å². The van der Waals surface area contributed by atoms with E-state index in [-0.39, 0.29) is 17.5 Å². The summed E-state index contributed by atoms with van der Waals surface area (Å²) in [4.78, 5) is 7.36. The lowest BCUT2D eigenvalue weighted by Crippen LogP contribution is -1.99. The van der Waals surface area contributed by atoms with Gasteiger partial charge in [0.1, 0.15) is 12.5 Å². The van der Waals surface area contributed by atoms with Crippen molar-refractivity contribution < 1.29 is 9.13 Å². The first-order chi connectivity index (χ1) is 5.26. The standard InChI is InChI=1S/C6H8FN3O/c1-11-6-9-4(3-7)2-5(8)10-6/h2H,3H2,1H3,(H2,8,9,10). The van der Waals surface area contributed by atoms with Crippen LogP contribution in [0.1, 0.15) is 5.69 Å². The van der Waals surface area contributed by atoms with Gasteiger partial charge in [-0.15, -0.1) is 0 Å². The molecule has 0 unspecified atom stereocenters. The van der Waals surface area contributed by atoms with Crippen LogP contribution in [0.15, 0.2) is 6.07 Å². The monoisotopic (exact) mass is 157 g/mol. The van der Waals surface area contributed by atoms with E-state index in [9.17, 15) is 4.39 Å². The van der Waals surface area contributed by atoms with Crippen LogP contribution in [0, 0.1) is 0 Å². The molecule has 1 heterocycles. The molecule has 0 amide bonds. The van der Waals surface area contributed by atoms with Crippen molar-refractivity contribution in [1.82, 2.24) is 9.97 Å². The number of nitrogens with two attached hydrogens (primary N) is 1. The van der Waals surface area contributed by atoms with Crippen LogP contribution in [-0.2, 0) is 6.67 Å². The summed E-state index contributed by atoms with van der Waals surface area (Å²) in [6.45, 7) is -0.664. The zero-order chi connectivity index (χ0) is 8.27. The third-order valence-corrected chi connectivity index (χ3v) is 1.10. The van der Waals surface area contributed by atoms with Gasteiger partial charge in [0.05, 0.1) is 12.8 Å². The minimum atomic E-state index is -0.664. The van der Waals surface area contributed by atoms with Crippen molar-refractivity contribution in [2.75, 3.05) is 12.8 Å². The van der Waals surface area contributed by atoms with Crippen LogP contribution in [0.25, 0.3) is 0 Å². The number of aromatic nitrogens is 2. The summed E-state index contributed by atoms with van der Waals surface area (Å²) in [5, 5.41) is 0. The molecule has 0 radical (unpaired) electrons. The zero-order valence-corrected chi connectivity index (χ0v) is 6.04. The molecule has 0 aliphatic rings. The van der Waals surface area contributed by atoms with Gasteiger partial charge < -0.3 is 10.5 Å². The number of ether oxygens (including phenoxy) is 1. The Labute approximate surface area is 63.2 Å². The lowest BCUT2D eigenvalue weighted by Gasteiger charge is -2.00. The van der Waals surface area contributed by atoms with E-state index in [1.54, 1.807) is 0 Å². The van der Waals surface area contributed by atoms with E-state index >= 15 is 0 Å². The smallest absolute Gasteiger partial charge is 0.318 e. The van der Waals surface area contributed by atoms with Crippen molar-refractivity contribution >= 4 is 5.82 Å². The summed E-state index contributed by atoms with van der Waals surface area (Å²) in [7, 11) is 1.40. The molecule has 0 spiro atoms. The molecule has 0 atom stereocenters. The first kappa shape index (κ1) is 7.71. The van der Waals surface area contributed by atoms with Crippen LogP contribution < -0.4 is 10.5 Å². The molecular formula is C6H8FN3O. The molecule has 0 aliphatic carbocycles. The van der Waals surface area contributed by atoms with Gasteiger partial charge in [-0.1, -0.05) is 0 Å². The maximum Gasteiger partial charge on any atom is 0.318 e. The highest BCUT2D eigenvalue weighted by Gasteiger charge is 2.00. The van der Waals surface area contributed by atoms with E-state index in [2.05, 4.69) is 14.7 Å². The van der Waals surface area contributed by atoms with Gasteiger partial charge in [-0.25, -0.2) is 4.39 Å². The van der Waals surface area contributed by atoms with Crippen LogP contribution in [0.2, 0.25) is 0 Å². The fourth-order valence-electron chi connectivity index (χ4n) is 0.653. The van der Waals surface area contributed by atoms with E-state index in [0.29, 0.717) is 0 Å². The molecule has 0 fully saturated rings. The fourth-order valence-corrected chi connectivity index (χ4v) is 0.653. The van der Waals surface area contributed by atoms with Crippen molar-refractivity contribution in [3.05, 3.63) is 11.8 Å². The van der Waals surface area contributed by atoms with Gasteiger partial charge in [0.15, 0.2) is 0 Å². The Morgan fingerprint density at radius 2 is 2.36 bits per heavy atom. The molecule has 2 N–H and O–H groups in total. The van der Waals surface area contributed by atoms with Gasteiger partial charge in [0.2, 0.25) is 0 Å². The minimum absolute atomic E-state index is 0.0950. The predicted octanol–water partition coefficient (Wildman–Crippen LogP) is 0.537. The quantitative estimate of drug-likeness (QED) is 0.680. The zero-order valence-electron chi connectivity index (χ0n) is 6.04. The van der Waals surface area contributed by atoms with Crippen molar-refractivity contribution in [3.63, 3.8) is 0 Å². The molecule has 11 heavy (non-hydrogen) atoms. The second-order valence-electron chi connectivity index (χ2n) is 1.90. The molecule has 0 saturated heterocycles. The van der Waals surface area contributed by atoms with Gasteiger partial charge in [-0.05, 0) is 0 Å². The summed E-state index contributed by atoms with van der Waals surface area (Å²) in [5.41, 5.74) is 5.54. The Morgan fingerprint density at radius 1 is 1.64 bits per heavy atom. The third-order valence-electron chi connectivity index (χ3n) is 1.10. The molecule has 0 aromatic carbocycles. The second kappa shape index (κ2) is 3.14. The van der Waals surface area contributed by atoms with Crippen LogP contribution in [0.3, 0.4) is 0 Å². The highest BCUT2D eigenvalue weighted by Crippen LogP contribution is 2.08. The molecule has 1 aromatic heterocycles. The Kier molecular flexibility index (Phi) is 2.20. The molecule has 0 aliphatic heterocycles. The number of nitrogens with zero attached hydrogens (tertiary/aromatic N) is 2. The third kappa shape index (κ3) is 1.76. The summed E-state index contributed by atoms with van der Waals surface area (Å²) in [5.74, 6) is 0.213. The van der Waals surface area contributed by atoms with E-state index in [1.165, 1.54) is 13.2 Å². The average Bonchev–Trinajstić information content (AvgIpc) is 2.03. The summed E-state index contributed by atoms with van der Waals surface area (Å²) < 4.78 is 16.7. The first-order valence-corrected chi connectivity index (χ1v) is 2.99. The lowest BCUT2D eigenvalue weighted by atomic mass is 10.4. The molecule has 0 saturated carbocycles. The minimum Gasteiger partial charge on any atom is -0.467 e. The van der Waals surface area contributed by atoms with Crippen molar-refractivity contribution in [1.29, 1.82) is 0 Å². The summed E-state index contributed by atoms with van der Waals surface area (Å²) >= 11 is 0. The maximum atomic E-state index is 12.0. The number of rotatable bonds is 2. The normalized spacial score (nSPS) is 9.64. The summed E-state index contributed by atoms with van der Waals surface area (Å²) in [6, 6.07) is 1.46. The van der Waals surface area contributed by atoms with E-state index in [0.717, 1.165) is 0 Å². The lowest BCUT2D eigenvalue weighted by molar-refractivity contribution is 0.374. The Balaban J connectivity index is 3.02. The topological polar surface area (TPSA) is 61.0 Å². The Morgan fingerprint density at radius 3 is 2.91 bits per heavy atom. The number of nitrogen functional groups attached to an aromatic ring is 1. The van der Waals surface area contributed by atoms with Gasteiger partial charge in [0, 0.05) is 6.07 Å². The van der Waals surface area contributed by atoms with Crippen LogP contribution in [0.5, 0.6) is 6.01 Å². The number of hydrogen-bond acceptors (Lipinski definition) is 4. The van der Waals surface area contributed by atoms with Gasteiger partial charge in [-0.2, -0.15) is 9.97 Å². The first-order valence-electron chi connectivity index (χ1n) is 2.99. The average molecular weight is 157 g/mol. The molecule has 1 rings (SSSR count). The highest BCUT2D eigenvalue weighted by atomic mass is 19.1. The number of methoxy groups -OCH3 is 1. The SMILES string of the molecule is COc1nc(N)cc(CF)n1. The molecule has 4 nitrogen and oxygen atoms in total. The molecule has 0 bridgehead atoms. The van der Waals surface area contributed by atoms with Crippen LogP contribution >= 0.6 is 0 Å². The van der Waals surface area contributed by atoms with E-state index < -0.39 is 6.67 Å². The number of alkyl halides is 1. The van der Waals surface area contributed by atoms with E-state index in [1.807, 2.05) is 0 Å². The Bertz CT molecular complexity index is 231. The van der Waals surface area contributed by atoms with Gasteiger partial charge >= 0.3 is 6.01 Å². The van der Waals surface area contributed by atoms with Crippen molar-refractivity contribution in [2.45, 2.75) is 6.67 Å². The van der Waals surface area contributed by atoms with Crippen molar-refractivity contribution in [2.24, 2.45) is 0 Å². The number of hydrogen-bond donors (Lipinski definition) is 1. The molecule has 5 heteroatoms. The number of halogens is 1. The molecular weight excluding hydrogens is 149 g/mol. The fraction of sp³-hybridized carbons (Fsp3) is 0.333.